The van der Waals surface area contributed by atoms with E-state index in [0.29, 0.717) is 16.2 Å². The van der Waals surface area contributed by atoms with Crippen LogP contribution in [0.25, 0.3) is 16.7 Å². The van der Waals surface area contributed by atoms with Gasteiger partial charge in [0.25, 0.3) is 0 Å². The van der Waals surface area contributed by atoms with Crippen molar-refractivity contribution in [3.05, 3.63) is 113 Å². The number of hydrogen-bond acceptors (Lipinski definition) is 1. The molecule has 4 rings (SSSR count). The van der Waals surface area contributed by atoms with E-state index >= 15 is 0 Å². The molecule has 0 aromatic heterocycles. The van der Waals surface area contributed by atoms with Gasteiger partial charge >= 0.3 is 0 Å². The Balaban J connectivity index is 1.97. The van der Waals surface area contributed by atoms with Gasteiger partial charge in [0, 0.05) is 16.7 Å². The van der Waals surface area contributed by atoms with Gasteiger partial charge in [0.05, 0.1) is 5.03 Å². The smallest absolute Gasteiger partial charge is 0.196 e. The van der Waals surface area contributed by atoms with E-state index in [0.717, 1.165) is 22.3 Å². The van der Waals surface area contributed by atoms with Gasteiger partial charge in [-0.15, -0.1) is 0 Å². The Morgan fingerprint density at radius 1 is 0.480 bits per heavy atom. The minimum atomic E-state index is -0.0266. The summed E-state index contributed by atoms with van der Waals surface area (Å²) in [5.74, 6) is -0.0266. The molecule has 0 fully saturated rings. The fraction of sp³-hybridized carbons (Fsp3) is 0. The van der Waals surface area contributed by atoms with Gasteiger partial charge in [0.15, 0.2) is 5.78 Å². The van der Waals surface area contributed by atoms with Gasteiger partial charge in [0.1, 0.15) is 0 Å². The summed E-state index contributed by atoms with van der Waals surface area (Å²) >= 11 is 6.75. The third-order valence-electron chi connectivity index (χ3n) is 4.33. The van der Waals surface area contributed by atoms with E-state index in [9.17, 15) is 4.79 Å². The van der Waals surface area contributed by atoms with Crippen LogP contribution < -0.4 is 0 Å². The molecule has 0 spiro atoms. The lowest BCUT2D eigenvalue weighted by atomic mass is 9.95. The summed E-state index contributed by atoms with van der Waals surface area (Å²) in [6, 6.07) is 29.2. The van der Waals surface area contributed by atoms with Crippen LogP contribution in [-0.4, -0.2) is 5.78 Å². The molecule has 0 saturated heterocycles. The third-order valence-corrected chi connectivity index (χ3v) is 4.71. The first-order chi connectivity index (χ1) is 12.3. The molecule has 3 aromatic rings. The Kier molecular flexibility index (Phi) is 4.09. The van der Waals surface area contributed by atoms with Crippen molar-refractivity contribution >= 4 is 34.1 Å². The van der Waals surface area contributed by atoms with Crippen LogP contribution >= 0.6 is 11.6 Å². The van der Waals surface area contributed by atoms with Crippen LogP contribution in [0.1, 0.15) is 16.7 Å². The van der Waals surface area contributed by atoms with Gasteiger partial charge in [-0.05, 0) is 16.7 Å². The van der Waals surface area contributed by atoms with Gasteiger partial charge in [-0.25, -0.2) is 0 Å². The zero-order valence-electron chi connectivity index (χ0n) is 13.4. The maximum Gasteiger partial charge on any atom is 0.196 e. The van der Waals surface area contributed by atoms with Gasteiger partial charge in [-0.3, -0.25) is 4.79 Å². The van der Waals surface area contributed by atoms with Crippen LogP contribution in [-0.2, 0) is 4.79 Å². The predicted octanol–water partition coefficient (Wildman–Crippen LogP) is 5.83. The largest absolute Gasteiger partial charge is 0.288 e. The number of allylic oxidation sites excluding steroid dienone is 4. The Hall–Kier alpha value is -2.90. The Morgan fingerprint density at radius 3 is 1.28 bits per heavy atom. The molecule has 0 amide bonds. The molecule has 0 aliphatic heterocycles. The van der Waals surface area contributed by atoms with Crippen molar-refractivity contribution in [3.8, 4) is 0 Å². The lowest BCUT2D eigenvalue weighted by Gasteiger charge is -2.08. The van der Waals surface area contributed by atoms with Gasteiger partial charge < -0.3 is 0 Å². The Bertz CT molecular complexity index is 984. The van der Waals surface area contributed by atoms with E-state index in [-0.39, 0.29) is 5.78 Å². The van der Waals surface area contributed by atoms with Crippen LogP contribution in [0.5, 0.6) is 0 Å². The summed E-state index contributed by atoms with van der Waals surface area (Å²) in [6.07, 6.45) is 0. The van der Waals surface area contributed by atoms with Crippen molar-refractivity contribution in [1.82, 2.24) is 0 Å². The zero-order chi connectivity index (χ0) is 17.2. The highest BCUT2D eigenvalue weighted by Gasteiger charge is 2.33. The molecule has 0 heterocycles. The second-order valence-corrected chi connectivity index (χ2v) is 6.24. The molecular formula is C23H15ClO. The molecule has 25 heavy (non-hydrogen) atoms. The van der Waals surface area contributed by atoms with Crippen LogP contribution in [0.4, 0.5) is 0 Å². The first-order valence-electron chi connectivity index (χ1n) is 8.13. The molecule has 1 nitrogen and oxygen atoms in total. The standard InChI is InChI=1S/C23H15ClO/c24-22-19(16-10-4-1-5-11-16)20(17-12-6-2-7-13-17)23(25)21(22)18-14-8-3-9-15-18/h1-15H. The average molecular weight is 343 g/mol. The fourth-order valence-electron chi connectivity index (χ4n) is 3.19. The number of halogens is 1. The number of carbonyl (C=O) groups is 1. The van der Waals surface area contributed by atoms with Crippen molar-refractivity contribution in [1.29, 1.82) is 0 Å². The van der Waals surface area contributed by atoms with E-state index in [4.69, 9.17) is 11.6 Å². The molecule has 0 atom stereocenters. The van der Waals surface area contributed by atoms with Gasteiger partial charge in [0.2, 0.25) is 0 Å². The maximum atomic E-state index is 13.3. The van der Waals surface area contributed by atoms with Crippen molar-refractivity contribution in [2.75, 3.05) is 0 Å². The summed E-state index contributed by atoms with van der Waals surface area (Å²) in [6.45, 7) is 0. The quantitative estimate of drug-likeness (QED) is 0.585. The minimum absolute atomic E-state index is 0.0266. The van der Waals surface area contributed by atoms with E-state index in [1.165, 1.54) is 0 Å². The van der Waals surface area contributed by atoms with Crippen molar-refractivity contribution in [2.45, 2.75) is 0 Å². The molecule has 0 N–H and O–H groups in total. The van der Waals surface area contributed by atoms with Crippen molar-refractivity contribution < 1.29 is 4.79 Å². The first kappa shape index (κ1) is 15.6. The van der Waals surface area contributed by atoms with E-state index in [1.807, 2.05) is 91.0 Å². The molecule has 2 heteroatoms. The van der Waals surface area contributed by atoms with Crippen LogP contribution in [0.15, 0.2) is 96.0 Å². The molecule has 0 unspecified atom stereocenters. The third kappa shape index (κ3) is 2.73. The minimum Gasteiger partial charge on any atom is -0.288 e. The number of ketones is 1. The first-order valence-corrected chi connectivity index (χ1v) is 8.50. The van der Waals surface area contributed by atoms with E-state index in [1.54, 1.807) is 0 Å². The zero-order valence-corrected chi connectivity index (χ0v) is 14.2. The highest BCUT2D eigenvalue weighted by Crippen LogP contribution is 2.46. The van der Waals surface area contributed by atoms with Crippen molar-refractivity contribution in [3.63, 3.8) is 0 Å². The topological polar surface area (TPSA) is 17.1 Å². The highest BCUT2D eigenvalue weighted by molar-refractivity contribution is 6.61. The normalized spacial score (nSPS) is 14.4. The van der Waals surface area contributed by atoms with Crippen molar-refractivity contribution in [2.24, 2.45) is 0 Å². The summed E-state index contributed by atoms with van der Waals surface area (Å²) in [5.41, 5.74) is 4.71. The second-order valence-electron chi connectivity index (χ2n) is 5.87. The summed E-state index contributed by atoms with van der Waals surface area (Å²) in [4.78, 5) is 13.3. The lowest BCUT2D eigenvalue weighted by molar-refractivity contribution is -0.108. The van der Waals surface area contributed by atoms with Crippen LogP contribution in [0.2, 0.25) is 0 Å². The molecule has 120 valence electrons. The van der Waals surface area contributed by atoms with Crippen LogP contribution in [0.3, 0.4) is 0 Å². The molecule has 0 bridgehead atoms. The van der Waals surface area contributed by atoms with Gasteiger partial charge in [-0.1, -0.05) is 103 Å². The Morgan fingerprint density at radius 2 is 0.840 bits per heavy atom. The summed E-state index contributed by atoms with van der Waals surface area (Å²) in [5, 5.41) is 0.515. The van der Waals surface area contributed by atoms with Gasteiger partial charge in [-0.2, -0.15) is 0 Å². The van der Waals surface area contributed by atoms with E-state index in [2.05, 4.69) is 0 Å². The fourth-order valence-corrected chi connectivity index (χ4v) is 3.59. The Labute approximate surface area is 151 Å². The maximum absolute atomic E-state index is 13.3. The molecule has 1 aliphatic rings. The SMILES string of the molecule is O=C1C(c2ccccc2)=C(Cl)C(c2ccccc2)=C1c1ccccc1. The lowest BCUT2D eigenvalue weighted by Crippen LogP contribution is -2.01. The summed E-state index contributed by atoms with van der Waals surface area (Å²) in [7, 11) is 0. The van der Waals surface area contributed by atoms with Crippen LogP contribution in [0, 0.1) is 0 Å². The number of carbonyl (C=O) groups excluding carboxylic acids is 1. The predicted molar refractivity (Wildman–Crippen MR) is 104 cm³/mol. The monoisotopic (exact) mass is 342 g/mol. The number of hydrogen-bond donors (Lipinski definition) is 0. The molecule has 1 aliphatic carbocycles. The highest BCUT2D eigenvalue weighted by atomic mass is 35.5. The average Bonchev–Trinajstić information content (AvgIpc) is 2.94. The molecular weight excluding hydrogens is 328 g/mol. The molecule has 3 aromatic carbocycles. The summed E-state index contributed by atoms with van der Waals surface area (Å²) < 4.78 is 0. The van der Waals surface area contributed by atoms with E-state index < -0.39 is 0 Å². The molecule has 0 radical (unpaired) electrons. The second kappa shape index (κ2) is 6.54. The number of benzene rings is 3. The number of Topliss-reactive ketones (excluding diaryl/α,β-unsaturated/α-hetero) is 1. The number of rotatable bonds is 3. The molecule has 0 saturated carbocycles.